The highest BCUT2D eigenvalue weighted by Crippen LogP contribution is 2.24. The first-order valence-electron chi connectivity index (χ1n) is 7.13. The Balaban J connectivity index is 3.00. The molecule has 21 heavy (non-hydrogen) atoms. The SMILES string of the molecule is CCNC(=NCC(c1c(F)cccc1F)N(C)C)NCC. The second-order valence-electron chi connectivity index (χ2n) is 4.86. The van der Waals surface area contributed by atoms with Crippen molar-refractivity contribution in [2.45, 2.75) is 19.9 Å². The first-order valence-corrected chi connectivity index (χ1v) is 7.13. The number of nitrogens with zero attached hydrogens (tertiary/aromatic N) is 2. The maximum absolute atomic E-state index is 13.9. The van der Waals surface area contributed by atoms with Gasteiger partial charge in [0.25, 0.3) is 0 Å². The van der Waals surface area contributed by atoms with Crippen LogP contribution >= 0.6 is 0 Å². The van der Waals surface area contributed by atoms with Crippen molar-refractivity contribution in [3.63, 3.8) is 0 Å². The van der Waals surface area contributed by atoms with Crippen LogP contribution in [0.2, 0.25) is 0 Å². The van der Waals surface area contributed by atoms with Crippen LogP contribution in [0, 0.1) is 11.6 Å². The van der Waals surface area contributed by atoms with Gasteiger partial charge in [-0.1, -0.05) is 6.07 Å². The van der Waals surface area contributed by atoms with Crippen LogP contribution in [0.25, 0.3) is 0 Å². The molecule has 0 spiro atoms. The van der Waals surface area contributed by atoms with Crippen LogP contribution in [-0.2, 0) is 0 Å². The summed E-state index contributed by atoms with van der Waals surface area (Å²) in [6.07, 6.45) is 0. The molecule has 0 amide bonds. The Hall–Kier alpha value is -1.69. The zero-order valence-electron chi connectivity index (χ0n) is 13.1. The molecule has 1 unspecified atom stereocenters. The normalized spacial score (nSPS) is 12.1. The van der Waals surface area contributed by atoms with Gasteiger partial charge in [0, 0.05) is 18.7 Å². The summed E-state index contributed by atoms with van der Waals surface area (Å²) >= 11 is 0. The Kier molecular flexibility index (Phi) is 7.08. The molecule has 0 saturated heterocycles. The van der Waals surface area contributed by atoms with E-state index >= 15 is 0 Å². The Labute approximate surface area is 125 Å². The molecule has 118 valence electrons. The van der Waals surface area contributed by atoms with Gasteiger partial charge in [0.1, 0.15) is 11.6 Å². The molecular formula is C15H24F2N4. The summed E-state index contributed by atoms with van der Waals surface area (Å²) in [5.41, 5.74) is 0.0543. The number of likely N-dealkylation sites (N-methyl/N-ethyl adjacent to an activating group) is 1. The smallest absolute Gasteiger partial charge is 0.191 e. The summed E-state index contributed by atoms with van der Waals surface area (Å²) in [7, 11) is 3.57. The minimum absolute atomic E-state index is 0.0543. The van der Waals surface area contributed by atoms with Gasteiger partial charge in [-0.3, -0.25) is 4.99 Å². The lowest BCUT2D eigenvalue weighted by Gasteiger charge is -2.24. The van der Waals surface area contributed by atoms with Crippen molar-refractivity contribution in [1.82, 2.24) is 15.5 Å². The number of halogens is 2. The topological polar surface area (TPSA) is 39.7 Å². The van der Waals surface area contributed by atoms with E-state index in [9.17, 15) is 8.78 Å². The highest BCUT2D eigenvalue weighted by molar-refractivity contribution is 5.79. The Morgan fingerprint density at radius 2 is 1.67 bits per heavy atom. The van der Waals surface area contributed by atoms with E-state index in [-0.39, 0.29) is 12.1 Å². The molecular weight excluding hydrogens is 274 g/mol. The van der Waals surface area contributed by atoms with Gasteiger partial charge in [0.15, 0.2) is 5.96 Å². The van der Waals surface area contributed by atoms with E-state index in [1.165, 1.54) is 18.2 Å². The molecule has 6 heteroatoms. The molecule has 0 aliphatic heterocycles. The average Bonchev–Trinajstić information content (AvgIpc) is 2.41. The van der Waals surface area contributed by atoms with E-state index in [1.807, 2.05) is 13.8 Å². The molecule has 0 radical (unpaired) electrons. The van der Waals surface area contributed by atoms with E-state index in [2.05, 4.69) is 15.6 Å². The van der Waals surface area contributed by atoms with E-state index in [0.717, 1.165) is 13.1 Å². The highest BCUT2D eigenvalue weighted by atomic mass is 19.1. The van der Waals surface area contributed by atoms with Crippen molar-refractivity contribution in [3.05, 3.63) is 35.4 Å². The van der Waals surface area contributed by atoms with E-state index < -0.39 is 17.7 Å². The largest absolute Gasteiger partial charge is 0.357 e. The lowest BCUT2D eigenvalue weighted by molar-refractivity contribution is 0.290. The lowest BCUT2D eigenvalue weighted by Crippen LogP contribution is -2.38. The summed E-state index contributed by atoms with van der Waals surface area (Å²) in [5, 5.41) is 6.18. The summed E-state index contributed by atoms with van der Waals surface area (Å²) in [5.74, 6) is -0.446. The third kappa shape index (κ3) is 4.97. The van der Waals surface area contributed by atoms with Crippen LogP contribution < -0.4 is 10.6 Å². The van der Waals surface area contributed by atoms with Gasteiger partial charge >= 0.3 is 0 Å². The van der Waals surface area contributed by atoms with Crippen molar-refractivity contribution >= 4 is 5.96 Å². The van der Waals surface area contributed by atoms with Crippen molar-refractivity contribution in [3.8, 4) is 0 Å². The zero-order chi connectivity index (χ0) is 15.8. The standard InChI is InChI=1S/C15H24F2N4/c1-5-18-15(19-6-2)20-10-13(21(3)4)14-11(16)8-7-9-12(14)17/h7-9,13H,5-6,10H2,1-4H3,(H2,18,19,20). The molecule has 0 aliphatic rings. The minimum Gasteiger partial charge on any atom is -0.357 e. The Morgan fingerprint density at radius 1 is 1.14 bits per heavy atom. The van der Waals surface area contributed by atoms with Crippen molar-refractivity contribution in [1.29, 1.82) is 0 Å². The maximum Gasteiger partial charge on any atom is 0.191 e. The van der Waals surface area contributed by atoms with Crippen LogP contribution in [0.4, 0.5) is 8.78 Å². The van der Waals surface area contributed by atoms with Gasteiger partial charge in [-0.25, -0.2) is 8.78 Å². The molecule has 0 aromatic heterocycles. The van der Waals surface area contributed by atoms with Gasteiger partial charge in [-0.15, -0.1) is 0 Å². The predicted octanol–water partition coefficient (Wildman–Crippen LogP) is 2.14. The van der Waals surface area contributed by atoms with Gasteiger partial charge in [-0.2, -0.15) is 0 Å². The van der Waals surface area contributed by atoms with Crippen molar-refractivity contribution in [2.75, 3.05) is 33.7 Å². The maximum atomic E-state index is 13.9. The number of rotatable bonds is 6. The predicted molar refractivity (Wildman–Crippen MR) is 82.4 cm³/mol. The minimum atomic E-state index is -0.544. The highest BCUT2D eigenvalue weighted by Gasteiger charge is 2.21. The fourth-order valence-corrected chi connectivity index (χ4v) is 2.03. The second kappa shape index (κ2) is 8.56. The number of benzene rings is 1. The van der Waals surface area contributed by atoms with Crippen LogP contribution in [0.3, 0.4) is 0 Å². The summed E-state index contributed by atoms with van der Waals surface area (Å²) < 4.78 is 27.9. The molecule has 0 bridgehead atoms. The van der Waals surface area contributed by atoms with Crippen LogP contribution in [0.1, 0.15) is 25.5 Å². The van der Waals surface area contributed by atoms with Crippen LogP contribution in [-0.4, -0.2) is 44.6 Å². The fraction of sp³-hybridized carbons (Fsp3) is 0.533. The van der Waals surface area contributed by atoms with Crippen molar-refractivity contribution < 1.29 is 8.78 Å². The number of nitrogens with one attached hydrogen (secondary N) is 2. The Bertz CT molecular complexity index is 446. The number of guanidine groups is 1. The van der Waals surface area contributed by atoms with E-state index in [1.54, 1.807) is 19.0 Å². The molecule has 1 aromatic carbocycles. The molecule has 2 N–H and O–H groups in total. The molecule has 0 fully saturated rings. The third-order valence-electron chi connectivity index (χ3n) is 3.07. The molecule has 1 rings (SSSR count). The monoisotopic (exact) mass is 298 g/mol. The summed E-state index contributed by atoms with van der Waals surface area (Å²) in [4.78, 5) is 6.17. The van der Waals surface area contributed by atoms with Crippen molar-refractivity contribution in [2.24, 2.45) is 4.99 Å². The van der Waals surface area contributed by atoms with Gasteiger partial charge < -0.3 is 15.5 Å². The molecule has 1 aromatic rings. The number of aliphatic imine (C=N–C) groups is 1. The second-order valence-corrected chi connectivity index (χ2v) is 4.86. The Morgan fingerprint density at radius 3 is 2.10 bits per heavy atom. The van der Waals surface area contributed by atoms with E-state index in [0.29, 0.717) is 5.96 Å². The zero-order valence-corrected chi connectivity index (χ0v) is 13.1. The third-order valence-corrected chi connectivity index (χ3v) is 3.07. The molecule has 0 aliphatic carbocycles. The van der Waals surface area contributed by atoms with Crippen LogP contribution in [0.5, 0.6) is 0 Å². The summed E-state index contributed by atoms with van der Waals surface area (Å²) in [6.45, 7) is 5.65. The van der Waals surface area contributed by atoms with Gasteiger partial charge in [0.2, 0.25) is 0 Å². The number of hydrogen-bond acceptors (Lipinski definition) is 2. The van der Waals surface area contributed by atoms with E-state index in [4.69, 9.17) is 0 Å². The average molecular weight is 298 g/mol. The molecule has 4 nitrogen and oxygen atoms in total. The molecule has 0 saturated carbocycles. The number of hydrogen-bond donors (Lipinski definition) is 2. The van der Waals surface area contributed by atoms with Crippen LogP contribution in [0.15, 0.2) is 23.2 Å². The lowest BCUT2D eigenvalue weighted by atomic mass is 10.0. The summed E-state index contributed by atoms with van der Waals surface area (Å²) in [6, 6.07) is 3.45. The fourth-order valence-electron chi connectivity index (χ4n) is 2.03. The first kappa shape index (κ1) is 17.4. The quantitative estimate of drug-likeness (QED) is 0.624. The van der Waals surface area contributed by atoms with Gasteiger partial charge in [0.05, 0.1) is 12.6 Å². The molecule has 0 heterocycles. The first-order chi connectivity index (χ1) is 10.0. The van der Waals surface area contributed by atoms with Gasteiger partial charge in [-0.05, 0) is 40.1 Å². The molecule has 1 atom stereocenters.